The highest BCUT2D eigenvalue weighted by atomic mass is 16.1. The Kier molecular flexibility index (Phi) is 6.01. The number of benzene rings is 2. The molecule has 0 aromatic heterocycles. The summed E-state index contributed by atoms with van der Waals surface area (Å²) in [7, 11) is 0. The predicted molar refractivity (Wildman–Crippen MR) is 87.3 cm³/mol. The first-order chi connectivity index (χ1) is 10.2. The van der Waals surface area contributed by atoms with Gasteiger partial charge in [-0.2, -0.15) is 0 Å². The average Bonchev–Trinajstić information content (AvgIpc) is 2.52. The molecule has 0 aliphatic carbocycles. The minimum atomic E-state index is 0.142. The van der Waals surface area contributed by atoms with E-state index < -0.39 is 0 Å². The average molecular weight is 281 g/mol. The second-order valence-corrected chi connectivity index (χ2v) is 5.42. The zero-order chi connectivity index (χ0) is 14.9. The molecule has 0 radical (unpaired) electrons. The number of hydrogen-bond donors (Lipinski definition) is 1. The number of aryl methyl sites for hydroxylation is 3. The van der Waals surface area contributed by atoms with Gasteiger partial charge in [-0.15, -0.1) is 0 Å². The second-order valence-electron chi connectivity index (χ2n) is 5.42. The molecule has 21 heavy (non-hydrogen) atoms. The normalized spacial score (nSPS) is 10.3. The van der Waals surface area contributed by atoms with Crippen LogP contribution in [0.2, 0.25) is 0 Å². The Morgan fingerprint density at radius 1 is 0.905 bits per heavy atom. The van der Waals surface area contributed by atoms with Crippen LogP contribution < -0.4 is 5.32 Å². The lowest BCUT2D eigenvalue weighted by Gasteiger charge is -2.06. The first-order valence-corrected chi connectivity index (χ1v) is 7.60. The molecule has 0 bridgehead atoms. The molecule has 0 aliphatic rings. The van der Waals surface area contributed by atoms with Crippen LogP contribution in [0.15, 0.2) is 54.6 Å². The third-order valence-corrected chi connectivity index (χ3v) is 3.57. The summed E-state index contributed by atoms with van der Waals surface area (Å²) in [6.07, 6.45) is 3.37. The molecule has 0 saturated heterocycles. The van der Waals surface area contributed by atoms with E-state index in [0.717, 1.165) is 25.8 Å². The van der Waals surface area contributed by atoms with E-state index in [1.165, 1.54) is 16.7 Å². The van der Waals surface area contributed by atoms with Gasteiger partial charge < -0.3 is 5.32 Å². The van der Waals surface area contributed by atoms with Crippen molar-refractivity contribution in [3.8, 4) is 0 Å². The van der Waals surface area contributed by atoms with Gasteiger partial charge in [-0.3, -0.25) is 4.79 Å². The van der Waals surface area contributed by atoms with Crippen LogP contribution in [0.4, 0.5) is 0 Å². The number of rotatable bonds is 7. The van der Waals surface area contributed by atoms with Gasteiger partial charge in [0.05, 0.1) is 0 Å². The summed E-state index contributed by atoms with van der Waals surface area (Å²) >= 11 is 0. The lowest BCUT2D eigenvalue weighted by atomic mass is 10.1. The van der Waals surface area contributed by atoms with E-state index in [9.17, 15) is 4.79 Å². The van der Waals surface area contributed by atoms with E-state index in [1.807, 2.05) is 6.07 Å². The quantitative estimate of drug-likeness (QED) is 0.771. The molecule has 0 fully saturated rings. The molecule has 0 atom stereocenters. The molecule has 0 saturated carbocycles. The fourth-order valence-corrected chi connectivity index (χ4v) is 2.27. The fourth-order valence-electron chi connectivity index (χ4n) is 2.27. The largest absolute Gasteiger partial charge is 0.356 e. The van der Waals surface area contributed by atoms with Crippen molar-refractivity contribution in [2.75, 3.05) is 6.54 Å². The molecule has 0 spiro atoms. The van der Waals surface area contributed by atoms with Crippen molar-refractivity contribution in [3.63, 3.8) is 0 Å². The zero-order valence-electron chi connectivity index (χ0n) is 12.6. The topological polar surface area (TPSA) is 29.1 Å². The van der Waals surface area contributed by atoms with Crippen molar-refractivity contribution in [1.29, 1.82) is 0 Å². The number of carbonyl (C=O) groups is 1. The molecule has 110 valence electrons. The van der Waals surface area contributed by atoms with Gasteiger partial charge >= 0.3 is 0 Å². The molecule has 2 aromatic carbocycles. The summed E-state index contributed by atoms with van der Waals surface area (Å²) in [5.41, 5.74) is 3.80. The molecule has 2 rings (SSSR count). The van der Waals surface area contributed by atoms with Crippen LogP contribution in [0.3, 0.4) is 0 Å². The van der Waals surface area contributed by atoms with E-state index in [2.05, 4.69) is 60.8 Å². The minimum Gasteiger partial charge on any atom is -0.356 e. The Labute approximate surface area is 127 Å². The molecule has 0 aliphatic heterocycles. The molecule has 2 aromatic rings. The third kappa shape index (κ3) is 5.82. The maximum absolute atomic E-state index is 11.8. The summed E-state index contributed by atoms with van der Waals surface area (Å²) in [6.45, 7) is 2.82. The monoisotopic (exact) mass is 281 g/mol. The predicted octanol–water partition coefficient (Wildman–Crippen LogP) is 3.68. The van der Waals surface area contributed by atoms with Crippen LogP contribution in [0.1, 0.15) is 29.5 Å². The highest BCUT2D eigenvalue weighted by Crippen LogP contribution is 2.06. The van der Waals surface area contributed by atoms with E-state index in [-0.39, 0.29) is 5.91 Å². The van der Waals surface area contributed by atoms with Crippen molar-refractivity contribution >= 4 is 5.91 Å². The van der Waals surface area contributed by atoms with Gasteiger partial charge in [-0.1, -0.05) is 60.2 Å². The molecule has 2 nitrogen and oxygen atoms in total. The highest BCUT2D eigenvalue weighted by molar-refractivity contribution is 5.76. The van der Waals surface area contributed by atoms with Crippen LogP contribution in [0.25, 0.3) is 0 Å². The zero-order valence-corrected chi connectivity index (χ0v) is 12.6. The van der Waals surface area contributed by atoms with Gasteiger partial charge in [-0.25, -0.2) is 0 Å². The maximum atomic E-state index is 11.8. The Morgan fingerprint density at radius 3 is 2.29 bits per heavy atom. The Hall–Kier alpha value is -2.09. The standard InChI is InChI=1S/C19H23NO/c1-16-9-11-18(12-10-16)13-14-19(21)20-15-5-8-17-6-3-2-4-7-17/h2-4,6-7,9-12H,5,8,13-15H2,1H3,(H,20,21). The summed E-state index contributed by atoms with van der Waals surface area (Å²) in [5, 5.41) is 3.00. The van der Waals surface area contributed by atoms with Gasteiger partial charge in [0.2, 0.25) is 5.91 Å². The van der Waals surface area contributed by atoms with E-state index >= 15 is 0 Å². The Bertz CT molecular complexity index is 546. The van der Waals surface area contributed by atoms with E-state index in [1.54, 1.807) is 0 Å². The smallest absolute Gasteiger partial charge is 0.220 e. The molecule has 1 amide bonds. The molecular formula is C19H23NO. The second kappa shape index (κ2) is 8.25. The Morgan fingerprint density at radius 2 is 1.57 bits per heavy atom. The number of carbonyl (C=O) groups excluding carboxylic acids is 1. The first kappa shape index (κ1) is 15.3. The molecule has 0 unspecified atom stereocenters. The summed E-state index contributed by atoms with van der Waals surface area (Å²) in [4.78, 5) is 11.8. The first-order valence-electron chi connectivity index (χ1n) is 7.60. The molecular weight excluding hydrogens is 258 g/mol. The highest BCUT2D eigenvalue weighted by Gasteiger charge is 2.02. The van der Waals surface area contributed by atoms with Gasteiger partial charge in [0, 0.05) is 13.0 Å². The number of amides is 1. The van der Waals surface area contributed by atoms with Gasteiger partial charge in [0.1, 0.15) is 0 Å². The van der Waals surface area contributed by atoms with Crippen molar-refractivity contribution in [2.45, 2.75) is 32.6 Å². The maximum Gasteiger partial charge on any atom is 0.220 e. The summed E-state index contributed by atoms with van der Waals surface area (Å²) < 4.78 is 0. The van der Waals surface area contributed by atoms with Crippen molar-refractivity contribution in [1.82, 2.24) is 5.32 Å². The van der Waals surface area contributed by atoms with Crippen molar-refractivity contribution < 1.29 is 4.79 Å². The van der Waals surface area contributed by atoms with Crippen LogP contribution >= 0.6 is 0 Å². The van der Waals surface area contributed by atoms with E-state index in [0.29, 0.717) is 6.42 Å². The number of hydrogen-bond acceptors (Lipinski definition) is 1. The molecule has 1 N–H and O–H groups in total. The Balaban J connectivity index is 1.60. The minimum absolute atomic E-state index is 0.142. The molecule has 2 heteroatoms. The van der Waals surface area contributed by atoms with Gasteiger partial charge in [0.25, 0.3) is 0 Å². The van der Waals surface area contributed by atoms with Crippen molar-refractivity contribution in [2.24, 2.45) is 0 Å². The fraction of sp³-hybridized carbons (Fsp3) is 0.316. The lowest BCUT2D eigenvalue weighted by molar-refractivity contribution is -0.121. The summed E-state index contributed by atoms with van der Waals surface area (Å²) in [5.74, 6) is 0.142. The molecule has 0 heterocycles. The SMILES string of the molecule is Cc1ccc(CCC(=O)NCCCc2ccccc2)cc1. The number of nitrogens with one attached hydrogen (secondary N) is 1. The van der Waals surface area contributed by atoms with Gasteiger partial charge in [-0.05, 0) is 37.3 Å². The van der Waals surface area contributed by atoms with Crippen LogP contribution in [-0.4, -0.2) is 12.5 Å². The van der Waals surface area contributed by atoms with Crippen molar-refractivity contribution in [3.05, 3.63) is 71.3 Å². The van der Waals surface area contributed by atoms with E-state index in [4.69, 9.17) is 0 Å². The van der Waals surface area contributed by atoms with Crippen LogP contribution in [-0.2, 0) is 17.6 Å². The summed E-state index contributed by atoms with van der Waals surface area (Å²) in [6, 6.07) is 18.7. The third-order valence-electron chi connectivity index (χ3n) is 3.57. The van der Waals surface area contributed by atoms with Gasteiger partial charge in [0.15, 0.2) is 0 Å². The lowest BCUT2D eigenvalue weighted by Crippen LogP contribution is -2.24. The van der Waals surface area contributed by atoms with Crippen LogP contribution in [0.5, 0.6) is 0 Å². The van der Waals surface area contributed by atoms with Crippen LogP contribution in [0, 0.1) is 6.92 Å².